The lowest BCUT2D eigenvalue weighted by Gasteiger charge is -2.21. The third kappa shape index (κ3) is 60.0. The Kier molecular flexibility index (Phi) is 57.6. The SMILES string of the molecule is CCCCCC/C=C\C=C/CCCCCCCC(=O)OC[C@H](COP(=O)(O)OC[C@@H](O)COP(=O)(O)OC[C@@H](COC(=O)CCCCCCC)OC(=O)CCCCCCCCCCC(C)C)OC(=O)CCCCCCC/C=C\C=C/CCCCCC. The van der Waals surface area contributed by atoms with Crippen molar-refractivity contribution in [3.05, 3.63) is 48.6 Å². The van der Waals surface area contributed by atoms with E-state index in [1.54, 1.807) is 0 Å². The molecule has 0 aliphatic carbocycles. The molecule has 502 valence electrons. The molecule has 3 N–H and O–H groups in total. The molecule has 0 amide bonds. The molecule has 0 aromatic carbocycles. The van der Waals surface area contributed by atoms with Crippen LogP contribution in [0.5, 0.6) is 0 Å². The van der Waals surface area contributed by atoms with Crippen molar-refractivity contribution in [1.82, 2.24) is 0 Å². The number of hydrogen-bond acceptors (Lipinski definition) is 15. The average molecular weight is 1260 g/mol. The lowest BCUT2D eigenvalue weighted by molar-refractivity contribution is -0.161. The second-order valence-electron chi connectivity index (χ2n) is 23.3. The standard InChI is InChI=1S/C67H122O17P2/c1-6-9-12-15-17-19-21-23-25-27-29-31-36-41-46-51-65(70)78-57-63(84-66(71)52-47-42-37-32-30-28-26-24-22-20-18-16-13-10-7-2)59-82-86(75,76)80-55-61(68)54-79-85(73,74)81-58-62(56-77-64(69)50-45-39-14-11-8-3)83-67(72)53-48-43-38-34-33-35-40-44-49-60(4)5/h19-26,60-63,68H,6-18,27-59H2,1-5H3,(H,73,74)(H,75,76)/b21-19-,22-20-,25-23-,26-24-/t61-,62+,63+/m0/s1. The Morgan fingerprint density at radius 1 is 0.360 bits per heavy atom. The Balaban J connectivity index is 5.25. The van der Waals surface area contributed by atoms with Crippen LogP contribution in [0.4, 0.5) is 0 Å². The molecule has 0 radical (unpaired) electrons. The van der Waals surface area contributed by atoms with Crippen LogP contribution < -0.4 is 0 Å². The number of aliphatic hydroxyl groups is 1. The predicted molar refractivity (Wildman–Crippen MR) is 344 cm³/mol. The van der Waals surface area contributed by atoms with Crippen LogP contribution >= 0.6 is 15.6 Å². The zero-order valence-corrected chi connectivity index (χ0v) is 56.2. The highest BCUT2D eigenvalue weighted by molar-refractivity contribution is 7.47. The quantitative estimate of drug-likeness (QED) is 0.0169. The second kappa shape index (κ2) is 59.6. The van der Waals surface area contributed by atoms with Gasteiger partial charge in [0, 0.05) is 25.7 Å². The summed E-state index contributed by atoms with van der Waals surface area (Å²) in [6.07, 6.45) is 50.7. The van der Waals surface area contributed by atoms with E-state index >= 15 is 0 Å². The van der Waals surface area contributed by atoms with Crippen molar-refractivity contribution in [2.24, 2.45) is 5.92 Å². The summed E-state index contributed by atoms with van der Waals surface area (Å²) in [6.45, 7) is 6.95. The summed E-state index contributed by atoms with van der Waals surface area (Å²) in [5.41, 5.74) is 0. The van der Waals surface area contributed by atoms with E-state index in [0.717, 1.165) is 128 Å². The maximum atomic E-state index is 13.0. The summed E-state index contributed by atoms with van der Waals surface area (Å²) >= 11 is 0. The third-order valence-electron chi connectivity index (χ3n) is 14.3. The normalized spacial score (nSPS) is 14.5. The first-order chi connectivity index (χ1) is 41.5. The number of carbonyl (C=O) groups is 4. The summed E-state index contributed by atoms with van der Waals surface area (Å²) in [5.74, 6) is -1.49. The van der Waals surface area contributed by atoms with Gasteiger partial charge in [-0.05, 0) is 83.0 Å². The largest absolute Gasteiger partial charge is 0.472 e. The van der Waals surface area contributed by atoms with E-state index in [9.17, 15) is 43.2 Å². The Morgan fingerprint density at radius 2 is 0.628 bits per heavy atom. The first kappa shape index (κ1) is 83.0. The fourth-order valence-electron chi connectivity index (χ4n) is 9.03. The summed E-state index contributed by atoms with van der Waals surface area (Å²) in [7, 11) is -9.91. The van der Waals surface area contributed by atoms with E-state index < -0.39 is 97.5 Å². The summed E-state index contributed by atoms with van der Waals surface area (Å²) < 4.78 is 67.8. The van der Waals surface area contributed by atoms with Crippen molar-refractivity contribution >= 4 is 39.5 Å². The molecule has 19 heteroatoms. The molecule has 86 heavy (non-hydrogen) atoms. The molecule has 0 aliphatic heterocycles. The number of rotatable bonds is 63. The number of ether oxygens (including phenoxy) is 4. The van der Waals surface area contributed by atoms with Crippen LogP contribution in [-0.2, 0) is 65.4 Å². The van der Waals surface area contributed by atoms with Crippen LogP contribution in [0.3, 0.4) is 0 Å². The van der Waals surface area contributed by atoms with Gasteiger partial charge in [-0.3, -0.25) is 37.3 Å². The highest BCUT2D eigenvalue weighted by Crippen LogP contribution is 2.45. The fraction of sp³-hybridized carbons (Fsp3) is 0.821. The smallest absolute Gasteiger partial charge is 0.462 e. The molecule has 5 atom stereocenters. The number of allylic oxidation sites excluding steroid dienone is 8. The average Bonchev–Trinajstić information content (AvgIpc) is 3.70. The number of aliphatic hydroxyl groups excluding tert-OH is 1. The van der Waals surface area contributed by atoms with Gasteiger partial charge in [0.2, 0.25) is 0 Å². The topological polar surface area (TPSA) is 237 Å². The molecule has 17 nitrogen and oxygen atoms in total. The van der Waals surface area contributed by atoms with Gasteiger partial charge in [-0.2, -0.15) is 0 Å². The van der Waals surface area contributed by atoms with Gasteiger partial charge in [0.05, 0.1) is 26.4 Å². The Labute approximate surface area is 521 Å². The third-order valence-corrected chi connectivity index (χ3v) is 16.2. The Bertz CT molecular complexity index is 1850. The van der Waals surface area contributed by atoms with Crippen molar-refractivity contribution in [3.63, 3.8) is 0 Å². The minimum atomic E-state index is -4.96. The summed E-state index contributed by atoms with van der Waals surface area (Å²) in [6, 6.07) is 0. The van der Waals surface area contributed by atoms with E-state index in [1.165, 1.54) is 77.0 Å². The lowest BCUT2D eigenvalue weighted by Crippen LogP contribution is -2.30. The van der Waals surface area contributed by atoms with Crippen molar-refractivity contribution < 1.29 is 80.2 Å². The highest BCUT2D eigenvalue weighted by Gasteiger charge is 2.30. The van der Waals surface area contributed by atoms with Crippen molar-refractivity contribution in [3.8, 4) is 0 Å². The van der Waals surface area contributed by atoms with Crippen LogP contribution in [0, 0.1) is 5.92 Å². The number of phosphoric ester groups is 2. The number of unbranched alkanes of at least 4 members (excludes halogenated alkanes) is 29. The van der Waals surface area contributed by atoms with E-state index in [4.69, 9.17) is 37.0 Å². The maximum absolute atomic E-state index is 13.0. The molecule has 0 fully saturated rings. The zero-order valence-electron chi connectivity index (χ0n) is 54.4. The van der Waals surface area contributed by atoms with Crippen molar-refractivity contribution in [2.45, 2.75) is 310 Å². The van der Waals surface area contributed by atoms with Crippen LogP contribution in [0.2, 0.25) is 0 Å². The van der Waals surface area contributed by atoms with Gasteiger partial charge in [0.1, 0.15) is 19.3 Å². The molecule has 0 heterocycles. The van der Waals surface area contributed by atoms with Gasteiger partial charge in [-0.1, -0.05) is 237 Å². The summed E-state index contributed by atoms with van der Waals surface area (Å²) in [4.78, 5) is 72.1. The fourth-order valence-corrected chi connectivity index (χ4v) is 10.6. The van der Waals surface area contributed by atoms with Crippen molar-refractivity contribution in [1.29, 1.82) is 0 Å². The molecule has 0 saturated carbocycles. The van der Waals surface area contributed by atoms with Gasteiger partial charge in [-0.15, -0.1) is 0 Å². The molecule has 0 rings (SSSR count). The van der Waals surface area contributed by atoms with Crippen molar-refractivity contribution in [2.75, 3.05) is 39.6 Å². The Hall–Kier alpha value is -2.98. The number of carbonyl (C=O) groups excluding carboxylic acids is 4. The molecule has 0 aromatic rings. The number of esters is 4. The van der Waals surface area contributed by atoms with Gasteiger partial charge in [0.25, 0.3) is 0 Å². The monoisotopic (exact) mass is 1260 g/mol. The minimum absolute atomic E-state index is 0.0779. The molecular weight excluding hydrogens is 1140 g/mol. The highest BCUT2D eigenvalue weighted by atomic mass is 31.2. The molecule has 0 spiro atoms. The van der Waals surface area contributed by atoms with Crippen LogP contribution in [0.25, 0.3) is 0 Å². The van der Waals surface area contributed by atoms with E-state index in [-0.39, 0.29) is 25.7 Å². The maximum Gasteiger partial charge on any atom is 0.472 e. The first-order valence-electron chi connectivity index (χ1n) is 33.8. The van der Waals surface area contributed by atoms with Crippen LogP contribution in [0.15, 0.2) is 48.6 Å². The molecule has 0 aliphatic rings. The van der Waals surface area contributed by atoms with Gasteiger partial charge >= 0.3 is 39.5 Å². The second-order valence-corrected chi connectivity index (χ2v) is 26.2. The summed E-state index contributed by atoms with van der Waals surface area (Å²) in [5, 5.41) is 10.5. The molecule has 0 saturated heterocycles. The van der Waals surface area contributed by atoms with E-state index in [0.29, 0.717) is 31.6 Å². The zero-order chi connectivity index (χ0) is 63.5. The number of hydrogen-bond donors (Lipinski definition) is 3. The first-order valence-corrected chi connectivity index (χ1v) is 36.8. The van der Waals surface area contributed by atoms with Crippen LogP contribution in [0.1, 0.15) is 291 Å². The molecule has 0 bridgehead atoms. The predicted octanol–water partition coefficient (Wildman–Crippen LogP) is 18.1. The van der Waals surface area contributed by atoms with Gasteiger partial charge in [-0.25, -0.2) is 9.13 Å². The van der Waals surface area contributed by atoms with E-state index in [1.807, 2.05) is 0 Å². The number of phosphoric acid groups is 2. The van der Waals surface area contributed by atoms with Gasteiger partial charge < -0.3 is 33.8 Å². The lowest BCUT2D eigenvalue weighted by atomic mass is 10.0. The molecule has 0 aromatic heterocycles. The van der Waals surface area contributed by atoms with Crippen LogP contribution in [-0.4, -0.2) is 96.7 Å². The van der Waals surface area contributed by atoms with E-state index in [2.05, 4.69) is 83.2 Å². The molecule has 2 unspecified atom stereocenters. The Morgan fingerprint density at radius 3 is 0.953 bits per heavy atom. The molecular formula is C67H122O17P2. The van der Waals surface area contributed by atoms with Gasteiger partial charge in [0.15, 0.2) is 12.2 Å². The minimum Gasteiger partial charge on any atom is -0.462 e.